The number of aryl methyl sites for hydroxylation is 2. The summed E-state index contributed by atoms with van der Waals surface area (Å²) in [6.07, 6.45) is 3.55. The van der Waals surface area contributed by atoms with Gasteiger partial charge in [0, 0.05) is 13.1 Å². The van der Waals surface area contributed by atoms with Crippen LogP contribution in [0.2, 0.25) is 0 Å². The molecule has 0 atom stereocenters. The van der Waals surface area contributed by atoms with E-state index in [0.717, 1.165) is 31.4 Å². The van der Waals surface area contributed by atoms with Crippen molar-refractivity contribution in [3.05, 3.63) is 11.8 Å². The van der Waals surface area contributed by atoms with Crippen molar-refractivity contribution in [2.75, 3.05) is 11.9 Å². The van der Waals surface area contributed by atoms with E-state index in [2.05, 4.69) is 15.7 Å². The zero-order chi connectivity index (χ0) is 13.2. The number of nitrogens with one attached hydrogen (secondary N) is 2. The van der Waals surface area contributed by atoms with Crippen molar-refractivity contribution in [1.82, 2.24) is 15.1 Å². The lowest BCUT2D eigenvalue weighted by molar-refractivity contribution is 0.0983. The normalized spacial score (nSPS) is 17.1. The Morgan fingerprint density at radius 1 is 1.61 bits per heavy atom. The summed E-state index contributed by atoms with van der Waals surface area (Å²) in [5.74, 6) is 0.664. The van der Waals surface area contributed by atoms with Crippen LogP contribution in [-0.4, -0.2) is 33.1 Å². The molecule has 0 spiro atoms. The number of hydrogen-bond acceptors (Lipinski definition) is 3. The monoisotopic (exact) mass is 252 g/mol. The summed E-state index contributed by atoms with van der Waals surface area (Å²) in [4.78, 5) is 11.9. The lowest BCUT2D eigenvalue weighted by atomic mass is 9.77. The van der Waals surface area contributed by atoms with Crippen LogP contribution in [0.5, 0.6) is 0 Å². The highest BCUT2D eigenvalue weighted by Crippen LogP contribution is 2.31. The van der Waals surface area contributed by atoms with E-state index in [4.69, 9.17) is 0 Å². The van der Waals surface area contributed by atoms with Crippen molar-refractivity contribution < 1.29 is 9.90 Å². The van der Waals surface area contributed by atoms with Gasteiger partial charge in [-0.2, -0.15) is 5.10 Å². The van der Waals surface area contributed by atoms with Crippen molar-refractivity contribution in [3.8, 4) is 0 Å². The van der Waals surface area contributed by atoms with Gasteiger partial charge in [-0.1, -0.05) is 6.92 Å². The highest BCUT2D eigenvalue weighted by atomic mass is 16.3. The Kier molecular flexibility index (Phi) is 3.56. The van der Waals surface area contributed by atoms with Gasteiger partial charge in [-0.3, -0.25) is 10.00 Å². The fourth-order valence-corrected chi connectivity index (χ4v) is 2.13. The molecule has 0 radical (unpaired) electrons. The first kappa shape index (κ1) is 12.9. The van der Waals surface area contributed by atoms with E-state index in [1.807, 2.05) is 13.0 Å². The molecule has 0 aliphatic heterocycles. The van der Waals surface area contributed by atoms with Gasteiger partial charge in [-0.05, 0) is 25.7 Å². The van der Waals surface area contributed by atoms with E-state index in [1.54, 1.807) is 11.7 Å². The number of urea groups is 1. The molecule has 2 rings (SSSR count). The molecule has 1 aliphatic carbocycles. The lowest BCUT2D eigenvalue weighted by Crippen LogP contribution is -2.57. The molecule has 3 N–H and O–H groups in total. The number of rotatable bonds is 4. The number of nitrogens with zero attached hydrogens (tertiary/aromatic N) is 2. The standard InChI is InChI=1S/C12H20N4O2/c1-3-9-7-10(16(2)15-9)13-11(18)14-12(8-17)5-4-6-12/h7,17H,3-6,8H2,1-2H3,(H2,13,14,18). The third-order valence-corrected chi connectivity index (χ3v) is 3.53. The molecular weight excluding hydrogens is 232 g/mol. The molecule has 1 heterocycles. The van der Waals surface area contributed by atoms with Crippen molar-refractivity contribution in [3.63, 3.8) is 0 Å². The Morgan fingerprint density at radius 3 is 2.78 bits per heavy atom. The van der Waals surface area contributed by atoms with E-state index < -0.39 is 5.54 Å². The Balaban J connectivity index is 1.96. The van der Waals surface area contributed by atoms with E-state index in [-0.39, 0.29) is 12.6 Å². The fourth-order valence-electron chi connectivity index (χ4n) is 2.13. The molecule has 18 heavy (non-hydrogen) atoms. The molecule has 0 saturated heterocycles. The summed E-state index contributed by atoms with van der Waals surface area (Å²) in [7, 11) is 1.79. The van der Waals surface area contributed by atoms with Crippen LogP contribution < -0.4 is 10.6 Å². The van der Waals surface area contributed by atoms with Crippen LogP contribution in [0.4, 0.5) is 10.6 Å². The smallest absolute Gasteiger partial charge is 0.320 e. The molecule has 1 aromatic heterocycles. The van der Waals surface area contributed by atoms with Gasteiger partial charge in [0.2, 0.25) is 0 Å². The van der Waals surface area contributed by atoms with Crippen molar-refractivity contribution in [2.45, 2.75) is 38.1 Å². The number of aromatic nitrogens is 2. The number of carbonyl (C=O) groups excluding carboxylic acids is 1. The number of anilines is 1. The van der Waals surface area contributed by atoms with Gasteiger partial charge in [0.05, 0.1) is 17.8 Å². The Labute approximate surface area is 106 Å². The molecule has 1 aromatic rings. The first-order valence-corrected chi connectivity index (χ1v) is 6.31. The molecule has 0 bridgehead atoms. The summed E-state index contributed by atoms with van der Waals surface area (Å²) in [6, 6.07) is 1.57. The first-order chi connectivity index (χ1) is 8.58. The fraction of sp³-hybridized carbons (Fsp3) is 0.667. The third-order valence-electron chi connectivity index (χ3n) is 3.53. The second-order valence-corrected chi connectivity index (χ2v) is 4.87. The topological polar surface area (TPSA) is 79.2 Å². The molecule has 6 nitrogen and oxygen atoms in total. The number of aliphatic hydroxyl groups is 1. The maximum atomic E-state index is 11.9. The van der Waals surface area contributed by atoms with Crippen LogP contribution in [0.15, 0.2) is 6.07 Å². The Morgan fingerprint density at radius 2 is 2.33 bits per heavy atom. The number of amides is 2. The molecule has 0 unspecified atom stereocenters. The second kappa shape index (κ2) is 4.97. The van der Waals surface area contributed by atoms with Crippen LogP contribution in [0, 0.1) is 0 Å². The van der Waals surface area contributed by atoms with E-state index in [1.165, 1.54) is 0 Å². The molecular formula is C12H20N4O2. The summed E-state index contributed by atoms with van der Waals surface area (Å²) in [6.45, 7) is 2.01. The van der Waals surface area contributed by atoms with Gasteiger partial charge >= 0.3 is 6.03 Å². The average Bonchev–Trinajstić information content (AvgIpc) is 2.65. The summed E-state index contributed by atoms with van der Waals surface area (Å²) < 4.78 is 1.64. The van der Waals surface area contributed by atoms with E-state index in [9.17, 15) is 9.90 Å². The number of aliphatic hydroxyl groups excluding tert-OH is 1. The SMILES string of the molecule is CCc1cc(NC(=O)NC2(CO)CCC2)n(C)n1. The zero-order valence-corrected chi connectivity index (χ0v) is 10.9. The summed E-state index contributed by atoms with van der Waals surface area (Å²) in [5.41, 5.74) is 0.518. The minimum absolute atomic E-state index is 0.00792. The van der Waals surface area contributed by atoms with Crippen LogP contribution in [0.1, 0.15) is 31.9 Å². The molecule has 100 valence electrons. The van der Waals surface area contributed by atoms with Gasteiger partial charge in [-0.25, -0.2) is 4.79 Å². The first-order valence-electron chi connectivity index (χ1n) is 6.31. The molecule has 1 fully saturated rings. The number of hydrogen-bond donors (Lipinski definition) is 3. The number of carbonyl (C=O) groups is 1. The Hall–Kier alpha value is -1.56. The van der Waals surface area contributed by atoms with E-state index >= 15 is 0 Å². The van der Waals surface area contributed by atoms with Gasteiger partial charge in [-0.15, -0.1) is 0 Å². The van der Waals surface area contributed by atoms with Crippen molar-refractivity contribution in [1.29, 1.82) is 0 Å². The highest BCUT2D eigenvalue weighted by Gasteiger charge is 2.37. The summed E-state index contributed by atoms with van der Waals surface area (Å²) >= 11 is 0. The maximum absolute atomic E-state index is 11.9. The summed E-state index contributed by atoms with van der Waals surface area (Å²) in [5, 5.41) is 19.1. The molecule has 0 aromatic carbocycles. The lowest BCUT2D eigenvalue weighted by Gasteiger charge is -2.40. The predicted octanol–water partition coefficient (Wildman–Crippen LogP) is 1.02. The highest BCUT2D eigenvalue weighted by molar-refractivity contribution is 5.89. The molecule has 1 aliphatic rings. The molecule has 6 heteroatoms. The van der Waals surface area contributed by atoms with E-state index in [0.29, 0.717) is 5.82 Å². The van der Waals surface area contributed by atoms with Crippen molar-refractivity contribution >= 4 is 11.8 Å². The Bertz CT molecular complexity index is 432. The van der Waals surface area contributed by atoms with Crippen molar-refractivity contribution in [2.24, 2.45) is 7.05 Å². The van der Waals surface area contributed by atoms with Crippen LogP contribution >= 0.6 is 0 Å². The third kappa shape index (κ3) is 2.48. The molecule has 1 saturated carbocycles. The maximum Gasteiger partial charge on any atom is 0.320 e. The minimum Gasteiger partial charge on any atom is -0.394 e. The second-order valence-electron chi connectivity index (χ2n) is 4.87. The molecule has 2 amide bonds. The zero-order valence-electron chi connectivity index (χ0n) is 10.9. The van der Waals surface area contributed by atoms with Crippen LogP contribution in [0.3, 0.4) is 0 Å². The van der Waals surface area contributed by atoms with Gasteiger partial charge in [0.25, 0.3) is 0 Å². The largest absolute Gasteiger partial charge is 0.394 e. The van der Waals surface area contributed by atoms with Crippen LogP contribution in [-0.2, 0) is 13.5 Å². The predicted molar refractivity (Wildman–Crippen MR) is 68.4 cm³/mol. The van der Waals surface area contributed by atoms with Gasteiger partial charge in [0.15, 0.2) is 0 Å². The van der Waals surface area contributed by atoms with Gasteiger partial charge < -0.3 is 10.4 Å². The van der Waals surface area contributed by atoms with Gasteiger partial charge in [0.1, 0.15) is 5.82 Å². The quantitative estimate of drug-likeness (QED) is 0.748. The minimum atomic E-state index is -0.420. The van der Waals surface area contributed by atoms with Crippen LogP contribution in [0.25, 0.3) is 0 Å². The average molecular weight is 252 g/mol.